The normalized spacial score (nSPS) is 12.0. The number of rotatable bonds is 11. The van der Waals surface area contributed by atoms with Gasteiger partial charge in [0.25, 0.3) is 0 Å². The third-order valence-corrected chi connectivity index (χ3v) is 4.48. The van der Waals surface area contributed by atoms with E-state index in [-0.39, 0.29) is 18.8 Å². The molecule has 0 saturated carbocycles. The maximum atomic E-state index is 12.3. The molecule has 0 aliphatic carbocycles. The van der Waals surface area contributed by atoms with Gasteiger partial charge >= 0.3 is 7.12 Å². The number of imidazole rings is 1. The molecule has 0 fully saturated rings. The Bertz CT molecular complexity index is 915. The molecule has 5 N–H and O–H groups in total. The molecular formula is C17H24BN9O3. The number of nitrogens with one attached hydrogen (secondary N) is 1. The van der Waals surface area contributed by atoms with Gasteiger partial charge in [0.15, 0.2) is 5.82 Å². The maximum Gasteiger partial charge on any atom is 0.451 e. The first-order valence-corrected chi connectivity index (χ1v) is 9.60. The Morgan fingerprint density at radius 3 is 2.87 bits per heavy atom. The molecule has 0 radical (unpaired) electrons. The van der Waals surface area contributed by atoms with Gasteiger partial charge in [-0.3, -0.25) is 9.36 Å². The Hall–Kier alpha value is -3.16. The van der Waals surface area contributed by atoms with Gasteiger partial charge in [0.1, 0.15) is 18.7 Å². The number of unbranched alkanes of at least 4 members (excludes halogenated alkanes) is 1. The molecule has 0 saturated heterocycles. The molecule has 1 unspecified atom stereocenters. The minimum Gasteiger partial charge on any atom is -0.427 e. The largest absolute Gasteiger partial charge is 0.451 e. The number of hydrogen-bond donors (Lipinski definition) is 4. The summed E-state index contributed by atoms with van der Waals surface area (Å²) >= 11 is 0. The van der Waals surface area contributed by atoms with Gasteiger partial charge < -0.3 is 21.1 Å². The molecule has 0 aromatic carbocycles. The molecule has 13 heteroatoms. The number of nitrogens with zero attached hydrogens (tertiary/aromatic N) is 7. The third-order valence-electron chi connectivity index (χ3n) is 4.48. The Labute approximate surface area is 173 Å². The Kier molecular flexibility index (Phi) is 7.60. The van der Waals surface area contributed by atoms with Crippen LogP contribution in [0, 0.1) is 0 Å². The third kappa shape index (κ3) is 6.17. The summed E-state index contributed by atoms with van der Waals surface area (Å²) in [6.07, 6.45) is 9.01. The molecule has 3 aromatic rings. The number of hydrogen-bond acceptors (Lipinski definition) is 9. The van der Waals surface area contributed by atoms with Crippen molar-refractivity contribution >= 4 is 13.0 Å². The first kappa shape index (κ1) is 21.6. The van der Waals surface area contributed by atoms with Crippen molar-refractivity contribution in [3.8, 4) is 5.82 Å². The highest BCUT2D eigenvalue weighted by molar-refractivity contribution is 6.40. The van der Waals surface area contributed by atoms with Crippen LogP contribution in [-0.4, -0.2) is 57.8 Å². The van der Waals surface area contributed by atoms with E-state index in [1.54, 1.807) is 29.5 Å². The molecule has 3 rings (SSSR count). The minimum atomic E-state index is -1.31. The molecule has 1 amide bonds. The van der Waals surface area contributed by atoms with Crippen LogP contribution in [0.2, 0.25) is 6.32 Å². The SMILES string of the molecule is NC(CCCCB(O)O)c1nnnn1CC(=O)NCc1ccc(-n2ccnc2)nc1. The zero-order valence-corrected chi connectivity index (χ0v) is 16.4. The fourth-order valence-corrected chi connectivity index (χ4v) is 2.87. The zero-order chi connectivity index (χ0) is 21.3. The predicted octanol–water partition coefficient (Wildman–Crippen LogP) is -0.787. The number of aromatic nitrogens is 7. The van der Waals surface area contributed by atoms with Crippen LogP contribution in [0.5, 0.6) is 0 Å². The number of carbonyl (C=O) groups excluding carboxylic acids is 1. The van der Waals surface area contributed by atoms with Crippen molar-refractivity contribution in [1.29, 1.82) is 0 Å². The fourth-order valence-electron chi connectivity index (χ4n) is 2.87. The molecule has 30 heavy (non-hydrogen) atoms. The maximum absolute atomic E-state index is 12.3. The van der Waals surface area contributed by atoms with Gasteiger partial charge in [-0.05, 0) is 34.8 Å². The van der Waals surface area contributed by atoms with E-state index >= 15 is 0 Å². The molecule has 158 valence electrons. The monoisotopic (exact) mass is 413 g/mol. The topological polar surface area (TPSA) is 170 Å². The van der Waals surface area contributed by atoms with E-state index < -0.39 is 13.2 Å². The standard InChI is InChI=1S/C17H24BN9O3/c19-14(3-1-2-6-18(29)30)17-23-24-25-27(17)11-16(28)22-10-13-4-5-15(21-9-13)26-8-7-20-12-26/h4-5,7-9,12,14,29-30H,1-3,6,10-11,19H2,(H,22,28). The van der Waals surface area contributed by atoms with E-state index in [4.69, 9.17) is 15.8 Å². The summed E-state index contributed by atoms with van der Waals surface area (Å²) in [7, 11) is -1.31. The van der Waals surface area contributed by atoms with Gasteiger partial charge in [-0.15, -0.1) is 5.10 Å². The Balaban J connectivity index is 1.47. The lowest BCUT2D eigenvalue weighted by Crippen LogP contribution is -2.29. The first-order chi connectivity index (χ1) is 14.5. The lowest BCUT2D eigenvalue weighted by Gasteiger charge is -2.12. The van der Waals surface area contributed by atoms with Gasteiger partial charge in [0, 0.05) is 25.1 Å². The highest BCUT2D eigenvalue weighted by Gasteiger charge is 2.17. The second kappa shape index (κ2) is 10.6. The smallest absolute Gasteiger partial charge is 0.427 e. The summed E-state index contributed by atoms with van der Waals surface area (Å²) < 4.78 is 3.16. The van der Waals surface area contributed by atoms with Crippen LogP contribution in [0.4, 0.5) is 0 Å². The van der Waals surface area contributed by atoms with Crippen LogP contribution >= 0.6 is 0 Å². The number of amides is 1. The fraction of sp³-hybridized carbons (Fsp3) is 0.412. The van der Waals surface area contributed by atoms with Crippen LogP contribution in [0.1, 0.15) is 36.7 Å². The van der Waals surface area contributed by atoms with E-state index in [9.17, 15) is 4.79 Å². The van der Waals surface area contributed by atoms with Gasteiger partial charge in [0.2, 0.25) is 5.91 Å². The number of nitrogens with two attached hydrogens (primary N) is 1. The van der Waals surface area contributed by atoms with Gasteiger partial charge in [-0.25, -0.2) is 14.6 Å². The van der Waals surface area contributed by atoms with E-state index in [0.29, 0.717) is 31.6 Å². The molecule has 0 aliphatic rings. The summed E-state index contributed by atoms with van der Waals surface area (Å²) in [5.41, 5.74) is 6.97. The van der Waals surface area contributed by atoms with Gasteiger partial charge in [0.05, 0.1) is 6.04 Å². The van der Waals surface area contributed by atoms with Crippen molar-refractivity contribution in [2.45, 2.75) is 44.7 Å². The Morgan fingerprint density at radius 1 is 1.30 bits per heavy atom. The molecule has 3 aromatic heterocycles. The highest BCUT2D eigenvalue weighted by Crippen LogP contribution is 2.15. The summed E-state index contributed by atoms with van der Waals surface area (Å²) in [5.74, 6) is 0.905. The van der Waals surface area contributed by atoms with Crippen molar-refractivity contribution < 1.29 is 14.8 Å². The average molecular weight is 413 g/mol. The lowest BCUT2D eigenvalue weighted by molar-refractivity contribution is -0.122. The van der Waals surface area contributed by atoms with Crippen molar-refractivity contribution in [1.82, 2.24) is 40.1 Å². The van der Waals surface area contributed by atoms with E-state index in [1.807, 2.05) is 12.1 Å². The lowest BCUT2D eigenvalue weighted by atomic mass is 9.83. The zero-order valence-electron chi connectivity index (χ0n) is 16.4. The Morgan fingerprint density at radius 2 is 2.17 bits per heavy atom. The van der Waals surface area contributed by atoms with Crippen LogP contribution < -0.4 is 11.1 Å². The summed E-state index contributed by atoms with van der Waals surface area (Å²) in [6, 6.07) is 3.28. The van der Waals surface area contributed by atoms with Crippen molar-refractivity contribution in [2.24, 2.45) is 5.73 Å². The van der Waals surface area contributed by atoms with Gasteiger partial charge in [-0.2, -0.15) is 0 Å². The van der Waals surface area contributed by atoms with Crippen LogP contribution in [0.3, 0.4) is 0 Å². The summed E-state index contributed by atoms with van der Waals surface area (Å²) in [4.78, 5) is 20.6. The van der Waals surface area contributed by atoms with Crippen LogP contribution in [-0.2, 0) is 17.9 Å². The van der Waals surface area contributed by atoms with E-state index in [2.05, 4.69) is 30.8 Å². The quantitative estimate of drug-likeness (QED) is 0.232. The van der Waals surface area contributed by atoms with Crippen LogP contribution in [0.15, 0.2) is 37.1 Å². The van der Waals surface area contributed by atoms with Crippen molar-refractivity contribution in [3.63, 3.8) is 0 Å². The number of pyridine rings is 1. The molecule has 3 heterocycles. The predicted molar refractivity (Wildman–Crippen MR) is 107 cm³/mol. The minimum absolute atomic E-state index is 0.0497. The number of carbonyl (C=O) groups is 1. The highest BCUT2D eigenvalue weighted by atomic mass is 16.4. The van der Waals surface area contributed by atoms with E-state index in [1.165, 1.54) is 4.68 Å². The molecular weight excluding hydrogens is 389 g/mol. The molecule has 0 spiro atoms. The van der Waals surface area contributed by atoms with E-state index in [0.717, 1.165) is 11.4 Å². The van der Waals surface area contributed by atoms with Crippen molar-refractivity contribution in [3.05, 3.63) is 48.4 Å². The second-order valence-corrected chi connectivity index (χ2v) is 6.84. The van der Waals surface area contributed by atoms with Crippen LogP contribution in [0.25, 0.3) is 5.82 Å². The first-order valence-electron chi connectivity index (χ1n) is 9.60. The summed E-state index contributed by atoms with van der Waals surface area (Å²) in [6.45, 7) is 0.273. The second-order valence-electron chi connectivity index (χ2n) is 6.84. The summed E-state index contributed by atoms with van der Waals surface area (Å²) in [5, 5.41) is 31.9. The number of tetrazole rings is 1. The van der Waals surface area contributed by atoms with Gasteiger partial charge in [-0.1, -0.05) is 18.9 Å². The molecule has 12 nitrogen and oxygen atoms in total. The van der Waals surface area contributed by atoms with Crippen molar-refractivity contribution in [2.75, 3.05) is 0 Å². The molecule has 0 bridgehead atoms. The molecule has 1 atom stereocenters. The molecule has 0 aliphatic heterocycles. The average Bonchev–Trinajstić information content (AvgIpc) is 3.42.